The zero-order valence-corrected chi connectivity index (χ0v) is 37.9. The third-order valence-corrected chi connectivity index (χ3v) is 23.8. The first-order valence-corrected chi connectivity index (χ1v) is 28.4. The Hall–Kier alpha value is -0.0400. The maximum absolute atomic E-state index is 7.84. The average Bonchev–Trinajstić information content (AvgIpc) is 3.86. The number of hydrogen-bond acceptors (Lipinski definition) is 1. The highest BCUT2D eigenvalue weighted by molar-refractivity contribution is 5.08. The lowest BCUT2D eigenvalue weighted by Crippen LogP contribution is -2.48. The minimum absolute atomic E-state index is 0.635. The van der Waals surface area contributed by atoms with Gasteiger partial charge in [0.2, 0.25) is 0 Å². The van der Waals surface area contributed by atoms with Gasteiger partial charge in [-0.15, -0.1) is 0 Å². The van der Waals surface area contributed by atoms with Crippen molar-refractivity contribution in [3.63, 3.8) is 0 Å². The maximum atomic E-state index is 7.84. The summed E-state index contributed by atoms with van der Waals surface area (Å²) >= 11 is 0. The lowest BCUT2D eigenvalue weighted by molar-refractivity contribution is -0.0886. The molecule has 12 rings (SSSR count). The Kier molecular flexibility index (Phi) is 11.7. The molecule has 12 aliphatic rings. The second-order valence-electron chi connectivity index (χ2n) is 25.9. The molecule has 0 aromatic heterocycles. The van der Waals surface area contributed by atoms with Crippen molar-refractivity contribution in [1.82, 2.24) is 0 Å². The second kappa shape index (κ2) is 17.2. The van der Waals surface area contributed by atoms with Gasteiger partial charge in [-0.3, -0.25) is 0 Å². The topological polar surface area (TPSA) is 9.23 Å². The van der Waals surface area contributed by atoms with E-state index in [1.54, 1.807) is 173 Å². The Morgan fingerprint density at radius 3 is 1.38 bits per heavy atom. The summed E-state index contributed by atoms with van der Waals surface area (Å²) in [6.07, 6.45) is 56.5. The highest BCUT2D eigenvalue weighted by Crippen LogP contribution is 2.64. The molecule has 0 aromatic rings. The van der Waals surface area contributed by atoms with Crippen molar-refractivity contribution in [3.8, 4) is 0 Å². The molecule has 20 unspecified atom stereocenters. The van der Waals surface area contributed by atoms with Gasteiger partial charge in [-0.2, -0.15) is 0 Å². The van der Waals surface area contributed by atoms with Gasteiger partial charge in [0, 0.05) is 0 Å². The lowest BCUT2D eigenvalue weighted by Gasteiger charge is -2.53. The molecule has 326 valence electrons. The Morgan fingerprint density at radius 2 is 0.638 bits per heavy atom. The van der Waals surface area contributed by atoms with Crippen LogP contribution in [0.4, 0.5) is 0 Å². The summed E-state index contributed by atoms with van der Waals surface area (Å²) in [5.41, 5.74) is 0. The van der Waals surface area contributed by atoms with Gasteiger partial charge >= 0.3 is 0 Å². The first-order valence-electron chi connectivity index (χ1n) is 28.4. The summed E-state index contributed by atoms with van der Waals surface area (Å²) in [6, 6.07) is 0. The number of ether oxygens (including phenoxy) is 1. The fourth-order valence-electron chi connectivity index (χ4n) is 21.5. The van der Waals surface area contributed by atoms with Crippen LogP contribution in [0, 0.1) is 118 Å². The van der Waals surface area contributed by atoms with Crippen molar-refractivity contribution in [2.24, 2.45) is 118 Å². The van der Waals surface area contributed by atoms with Crippen LogP contribution in [0.3, 0.4) is 0 Å². The fraction of sp³-hybridized carbons (Fsp3) is 1.00. The van der Waals surface area contributed by atoms with Gasteiger partial charge in [-0.25, -0.2) is 0 Å². The normalized spacial score (nSPS) is 54.0. The average molecular weight is 793 g/mol. The maximum Gasteiger partial charge on any atom is 0.0644 e. The second-order valence-corrected chi connectivity index (χ2v) is 25.9. The smallest absolute Gasteiger partial charge is 0.0644 e. The third kappa shape index (κ3) is 7.42. The molecule has 12 fully saturated rings. The van der Waals surface area contributed by atoms with Crippen LogP contribution in [0.15, 0.2) is 0 Å². The van der Waals surface area contributed by atoms with E-state index in [4.69, 9.17) is 4.74 Å². The molecule has 0 bridgehead atoms. The van der Waals surface area contributed by atoms with E-state index in [9.17, 15) is 0 Å². The van der Waals surface area contributed by atoms with E-state index < -0.39 is 0 Å². The van der Waals surface area contributed by atoms with Crippen LogP contribution in [0.5, 0.6) is 0 Å². The van der Waals surface area contributed by atoms with E-state index in [1.807, 2.05) is 0 Å². The van der Waals surface area contributed by atoms with Gasteiger partial charge in [0.1, 0.15) is 0 Å². The number of fused-ring (bicyclic) bond motifs is 8. The molecule has 1 heterocycles. The van der Waals surface area contributed by atoms with E-state index in [-0.39, 0.29) is 0 Å². The zero-order valence-electron chi connectivity index (χ0n) is 37.9. The summed E-state index contributed by atoms with van der Waals surface area (Å²) in [7, 11) is 0. The Balaban J connectivity index is 0.820. The molecular formula is C57H92O. The lowest BCUT2D eigenvalue weighted by atomic mass is 9.52. The summed E-state index contributed by atoms with van der Waals surface area (Å²) < 4.78 is 7.84. The molecule has 1 nitrogen and oxygen atoms in total. The van der Waals surface area contributed by atoms with Crippen LogP contribution in [-0.2, 0) is 4.74 Å². The molecule has 1 aliphatic heterocycles. The largest absolute Gasteiger partial charge is 0.374 e. The molecule has 0 radical (unpaired) electrons. The van der Waals surface area contributed by atoms with Crippen LogP contribution in [-0.4, -0.2) is 12.2 Å². The van der Waals surface area contributed by atoms with Crippen LogP contribution >= 0.6 is 0 Å². The molecule has 1 saturated heterocycles. The molecule has 0 N–H and O–H groups in total. The van der Waals surface area contributed by atoms with Gasteiger partial charge in [-0.1, -0.05) is 122 Å². The van der Waals surface area contributed by atoms with Gasteiger partial charge in [-0.05, 0) is 221 Å². The summed E-state index contributed by atoms with van der Waals surface area (Å²) in [5, 5.41) is 0. The van der Waals surface area contributed by atoms with E-state index >= 15 is 0 Å². The van der Waals surface area contributed by atoms with Gasteiger partial charge in [0.05, 0.1) is 12.2 Å². The highest BCUT2D eigenvalue weighted by Gasteiger charge is 2.59. The summed E-state index contributed by atoms with van der Waals surface area (Å²) in [4.78, 5) is 0. The molecule has 58 heavy (non-hydrogen) atoms. The Bertz CT molecular complexity index is 1360. The van der Waals surface area contributed by atoms with E-state index in [0.29, 0.717) is 12.2 Å². The molecule has 1 heteroatoms. The highest BCUT2D eigenvalue weighted by atomic mass is 16.5. The molecule has 20 atom stereocenters. The van der Waals surface area contributed by atoms with Gasteiger partial charge in [0.15, 0.2) is 0 Å². The van der Waals surface area contributed by atoms with Crippen LogP contribution in [0.25, 0.3) is 0 Å². The van der Waals surface area contributed by atoms with E-state index in [0.717, 1.165) is 118 Å². The van der Waals surface area contributed by atoms with Crippen molar-refractivity contribution in [2.75, 3.05) is 0 Å². The monoisotopic (exact) mass is 793 g/mol. The minimum Gasteiger partial charge on any atom is -0.374 e. The van der Waals surface area contributed by atoms with E-state index in [1.165, 1.54) is 51.4 Å². The summed E-state index contributed by atoms with van der Waals surface area (Å²) in [5.74, 6) is 21.0. The quantitative estimate of drug-likeness (QED) is 0.269. The third-order valence-electron chi connectivity index (χ3n) is 23.8. The van der Waals surface area contributed by atoms with Crippen LogP contribution in [0.2, 0.25) is 0 Å². The van der Waals surface area contributed by atoms with Crippen LogP contribution < -0.4 is 0 Å². The first-order chi connectivity index (χ1) is 28.7. The molecule has 0 amide bonds. The van der Waals surface area contributed by atoms with Crippen LogP contribution in [0.1, 0.15) is 225 Å². The molecule has 11 aliphatic carbocycles. The standard InChI is InChI=1S/C57H92O/c1-3-12-36(13-4-1)40-22-23-42-29-43(25-24-41(42)28-40)46-31-47(50-21-11-19-45-30-44-18-9-10-20-49(44)55(45)50)33-48(32-46)52-27-26-51(37-14-5-2-6-15-37)56-53-34-38-16-7-8-17-39(38)35-54(53)58-57(52)56/h36-57H,1-35H2. The first kappa shape index (κ1) is 39.5. The molecule has 0 spiro atoms. The Morgan fingerprint density at radius 1 is 0.207 bits per heavy atom. The van der Waals surface area contributed by atoms with Crippen molar-refractivity contribution in [1.29, 1.82) is 0 Å². The van der Waals surface area contributed by atoms with Crippen molar-refractivity contribution in [2.45, 2.75) is 237 Å². The number of hydrogen-bond donors (Lipinski definition) is 0. The SMILES string of the molecule is C1CCC(C2CCC3CC(C4CC(C5CCC(C6CCCCC6)C6C7CC8CCCCC8CC7OC56)CC(C5CCCC6CC7CCCCC7C65)C4)CCC3C2)CC1. The van der Waals surface area contributed by atoms with E-state index in [2.05, 4.69) is 0 Å². The number of rotatable bonds is 5. The molecule has 0 aromatic carbocycles. The Labute approximate surface area is 358 Å². The fourth-order valence-corrected chi connectivity index (χ4v) is 21.5. The van der Waals surface area contributed by atoms with Gasteiger partial charge < -0.3 is 4.74 Å². The van der Waals surface area contributed by atoms with Crippen molar-refractivity contribution >= 4 is 0 Å². The van der Waals surface area contributed by atoms with Gasteiger partial charge in [0.25, 0.3) is 0 Å². The molecule has 11 saturated carbocycles. The molecular weight excluding hydrogens is 701 g/mol. The zero-order chi connectivity index (χ0) is 38.2. The minimum atomic E-state index is 0.635. The predicted molar refractivity (Wildman–Crippen MR) is 240 cm³/mol. The van der Waals surface area contributed by atoms with Crippen molar-refractivity contribution in [3.05, 3.63) is 0 Å². The summed E-state index contributed by atoms with van der Waals surface area (Å²) in [6.45, 7) is 0. The van der Waals surface area contributed by atoms with Crippen molar-refractivity contribution < 1.29 is 4.74 Å². The predicted octanol–water partition coefficient (Wildman–Crippen LogP) is 15.9.